The fraction of sp³-hybridized carbons (Fsp3) is 0.500. The molecule has 0 aliphatic carbocycles. The highest BCUT2D eigenvalue weighted by Crippen LogP contribution is 2.21. The van der Waals surface area contributed by atoms with Crippen LogP contribution in [0.25, 0.3) is 10.9 Å². The van der Waals surface area contributed by atoms with E-state index in [1.165, 1.54) is 0 Å². The predicted octanol–water partition coefficient (Wildman–Crippen LogP) is 1.95. The van der Waals surface area contributed by atoms with E-state index in [1.807, 2.05) is 24.3 Å². The number of carbonyl (C=O) groups is 1. The van der Waals surface area contributed by atoms with Gasteiger partial charge in [-0.25, -0.2) is 0 Å². The van der Waals surface area contributed by atoms with E-state index in [0.29, 0.717) is 6.42 Å². The van der Waals surface area contributed by atoms with Gasteiger partial charge in [0.15, 0.2) is 0 Å². The minimum atomic E-state index is -0.0927. The van der Waals surface area contributed by atoms with Crippen LogP contribution in [0.5, 0.6) is 0 Å². The van der Waals surface area contributed by atoms with Crippen LogP contribution in [0.1, 0.15) is 27.2 Å². The quantitative estimate of drug-likeness (QED) is 0.884. The summed E-state index contributed by atoms with van der Waals surface area (Å²) in [5, 5.41) is 17.4. The van der Waals surface area contributed by atoms with E-state index in [-0.39, 0.29) is 30.5 Å². The number of fused-ring (bicyclic) bond motifs is 1. The average molecular weight is 289 g/mol. The van der Waals surface area contributed by atoms with Crippen LogP contribution in [0.2, 0.25) is 0 Å². The molecule has 1 aromatic heterocycles. The Morgan fingerprint density at radius 1 is 1.38 bits per heavy atom. The number of aliphatic hydroxyl groups excluding tert-OH is 1. The summed E-state index contributed by atoms with van der Waals surface area (Å²) in [6.45, 7) is 6.41. The van der Waals surface area contributed by atoms with Crippen molar-refractivity contribution in [3.63, 3.8) is 0 Å². The lowest BCUT2D eigenvalue weighted by Gasteiger charge is -2.31. The molecule has 1 unspecified atom stereocenters. The van der Waals surface area contributed by atoms with Gasteiger partial charge in [0.25, 0.3) is 0 Å². The standard InChI is InChI=1S/C16H23N3O2/c1-16(2,3)14(8-9-20)18-15(21)11-19-13-7-5-4-6-12(13)10-17-19/h4-7,10,14,20H,8-9,11H2,1-3H3,(H,18,21). The number of benzene rings is 1. The van der Waals surface area contributed by atoms with Gasteiger partial charge in [-0.1, -0.05) is 39.0 Å². The fourth-order valence-electron chi connectivity index (χ4n) is 2.38. The van der Waals surface area contributed by atoms with Crippen molar-refractivity contribution in [1.29, 1.82) is 0 Å². The number of amides is 1. The Hall–Kier alpha value is -1.88. The SMILES string of the molecule is CC(C)(C)C(CCO)NC(=O)Cn1ncc2ccccc21. The van der Waals surface area contributed by atoms with Gasteiger partial charge in [-0.2, -0.15) is 5.10 Å². The van der Waals surface area contributed by atoms with Crippen LogP contribution in [0.3, 0.4) is 0 Å². The van der Waals surface area contributed by atoms with E-state index in [4.69, 9.17) is 5.11 Å². The summed E-state index contributed by atoms with van der Waals surface area (Å²) in [5.74, 6) is -0.0859. The highest BCUT2D eigenvalue weighted by atomic mass is 16.3. The molecule has 2 N–H and O–H groups in total. The van der Waals surface area contributed by atoms with E-state index >= 15 is 0 Å². The van der Waals surface area contributed by atoms with Crippen LogP contribution < -0.4 is 5.32 Å². The molecule has 0 saturated heterocycles. The number of para-hydroxylation sites is 1. The van der Waals surface area contributed by atoms with Crippen molar-refractivity contribution in [3.8, 4) is 0 Å². The lowest BCUT2D eigenvalue weighted by Crippen LogP contribution is -2.45. The molecule has 2 aromatic rings. The van der Waals surface area contributed by atoms with Crippen molar-refractivity contribution in [2.24, 2.45) is 5.41 Å². The zero-order valence-corrected chi connectivity index (χ0v) is 12.8. The minimum Gasteiger partial charge on any atom is -0.396 e. The minimum absolute atomic E-state index is 0.0585. The first-order valence-corrected chi connectivity index (χ1v) is 7.22. The van der Waals surface area contributed by atoms with Crippen LogP contribution >= 0.6 is 0 Å². The van der Waals surface area contributed by atoms with Crippen LogP contribution in [0.4, 0.5) is 0 Å². The van der Waals surface area contributed by atoms with Crippen molar-refractivity contribution < 1.29 is 9.90 Å². The molecule has 1 atom stereocenters. The summed E-state index contributed by atoms with van der Waals surface area (Å²) in [6.07, 6.45) is 2.31. The second-order valence-corrected chi connectivity index (χ2v) is 6.36. The summed E-state index contributed by atoms with van der Waals surface area (Å²) in [5.41, 5.74) is 0.854. The molecule has 1 aromatic carbocycles. The summed E-state index contributed by atoms with van der Waals surface area (Å²) in [4.78, 5) is 12.2. The summed E-state index contributed by atoms with van der Waals surface area (Å²) in [6, 6.07) is 7.75. The maximum absolute atomic E-state index is 12.2. The van der Waals surface area contributed by atoms with E-state index in [1.54, 1.807) is 10.9 Å². The number of hydrogen-bond donors (Lipinski definition) is 2. The molecule has 0 aliphatic rings. The molecule has 21 heavy (non-hydrogen) atoms. The van der Waals surface area contributed by atoms with Crippen LogP contribution in [0.15, 0.2) is 30.5 Å². The second kappa shape index (κ2) is 6.26. The Morgan fingerprint density at radius 3 is 2.76 bits per heavy atom. The molecule has 0 bridgehead atoms. The number of nitrogens with one attached hydrogen (secondary N) is 1. The highest BCUT2D eigenvalue weighted by molar-refractivity contribution is 5.82. The van der Waals surface area contributed by atoms with Crippen molar-refractivity contribution >= 4 is 16.8 Å². The van der Waals surface area contributed by atoms with Crippen LogP contribution in [-0.2, 0) is 11.3 Å². The van der Waals surface area contributed by atoms with Gasteiger partial charge in [0, 0.05) is 18.0 Å². The Labute approximate surface area is 125 Å². The second-order valence-electron chi connectivity index (χ2n) is 6.36. The normalized spacial score (nSPS) is 13.3. The maximum Gasteiger partial charge on any atom is 0.241 e. The first-order valence-electron chi connectivity index (χ1n) is 7.22. The van der Waals surface area contributed by atoms with Crippen LogP contribution in [0, 0.1) is 5.41 Å². The van der Waals surface area contributed by atoms with Gasteiger partial charge < -0.3 is 10.4 Å². The number of aliphatic hydroxyl groups is 1. The Kier molecular flexibility index (Phi) is 4.63. The third-order valence-electron chi connectivity index (χ3n) is 3.64. The molecule has 5 heteroatoms. The smallest absolute Gasteiger partial charge is 0.241 e. The van der Waals surface area contributed by atoms with Crippen molar-refractivity contribution in [2.45, 2.75) is 39.8 Å². The summed E-state index contributed by atoms with van der Waals surface area (Å²) >= 11 is 0. The Morgan fingerprint density at radius 2 is 2.10 bits per heavy atom. The number of carbonyl (C=O) groups excluding carboxylic acids is 1. The first kappa shape index (κ1) is 15.5. The molecule has 1 heterocycles. The molecular formula is C16H23N3O2. The van der Waals surface area contributed by atoms with Crippen molar-refractivity contribution in [1.82, 2.24) is 15.1 Å². The monoisotopic (exact) mass is 289 g/mol. The number of nitrogens with zero attached hydrogens (tertiary/aromatic N) is 2. The van der Waals surface area contributed by atoms with E-state index in [2.05, 4.69) is 31.2 Å². The largest absolute Gasteiger partial charge is 0.396 e. The molecule has 1 amide bonds. The molecule has 2 rings (SSSR count). The van der Waals surface area contributed by atoms with Gasteiger partial charge in [-0.15, -0.1) is 0 Å². The molecule has 0 fully saturated rings. The van der Waals surface area contributed by atoms with Gasteiger partial charge in [0.1, 0.15) is 6.54 Å². The summed E-state index contributed by atoms with van der Waals surface area (Å²) in [7, 11) is 0. The molecule has 0 aliphatic heterocycles. The molecule has 0 radical (unpaired) electrons. The first-order chi connectivity index (χ1) is 9.91. The Balaban J connectivity index is 2.07. The topological polar surface area (TPSA) is 67.2 Å². The number of aromatic nitrogens is 2. The zero-order valence-electron chi connectivity index (χ0n) is 12.8. The average Bonchev–Trinajstić information content (AvgIpc) is 2.81. The highest BCUT2D eigenvalue weighted by Gasteiger charge is 2.25. The number of hydrogen-bond acceptors (Lipinski definition) is 3. The van der Waals surface area contributed by atoms with Gasteiger partial charge in [-0.05, 0) is 17.9 Å². The van der Waals surface area contributed by atoms with Gasteiger partial charge in [-0.3, -0.25) is 9.48 Å². The van der Waals surface area contributed by atoms with Crippen molar-refractivity contribution in [3.05, 3.63) is 30.5 Å². The molecule has 0 spiro atoms. The fourth-order valence-corrected chi connectivity index (χ4v) is 2.38. The van der Waals surface area contributed by atoms with Crippen molar-refractivity contribution in [2.75, 3.05) is 6.61 Å². The van der Waals surface area contributed by atoms with Gasteiger partial charge in [0.05, 0.1) is 11.7 Å². The molecule has 0 saturated carbocycles. The summed E-state index contributed by atoms with van der Waals surface area (Å²) < 4.78 is 1.70. The third-order valence-corrected chi connectivity index (χ3v) is 3.64. The lowest BCUT2D eigenvalue weighted by atomic mass is 9.85. The predicted molar refractivity (Wildman–Crippen MR) is 82.8 cm³/mol. The molecule has 5 nitrogen and oxygen atoms in total. The van der Waals surface area contributed by atoms with Gasteiger partial charge in [0.2, 0.25) is 5.91 Å². The molecular weight excluding hydrogens is 266 g/mol. The van der Waals surface area contributed by atoms with Crippen LogP contribution in [-0.4, -0.2) is 33.4 Å². The third kappa shape index (κ3) is 3.82. The molecule has 114 valence electrons. The number of rotatable bonds is 5. The maximum atomic E-state index is 12.2. The van der Waals surface area contributed by atoms with Gasteiger partial charge >= 0.3 is 0 Å². The van der Waals surface area contributed by atoms with E-state index in [9.17, 15) is 4.79 Å². The Bertz CT molecular complexity index is 613. The lowest BCUT2D eigenvalue weighted by molar-refractivity contribution is -0.123. The zero-order chi connectivity index (χ0) is 15.5. The van der Waals surface area contributed by atoms with E-state index in [0.717, 1.165) is 10.9 Å². The van der Waals surface area contributed by atoms with E-state index < -0.39 is 0 Å².